The molecule has 3 heteroatoms. The van der Waals surface area contributed by atoms with Crippen LogP contribution >= 0.6 is 0 Å². The second-order valence-corrected chi connectivity index (χ2v) is 6.10. The number of rotatable bonds is 3. The molecule has 3 nitrogen and oxygen atoms in total. The highest BCUT2D eigenvalue weighted by atomic mass is 16.5. The number of ketones is 1. The molecule has 0 aromatic heterocycles. The van der Waals surface area contributed by atoms with Gasteiger partial charge in [0.1, 0.15) is 0 Å². The largest absolute Gasteiger partial charge is 0.376 e. The number of aryl methyl sites for hydroxylation is 3. The summed E-state index contributed by atoms with van der Waals surface area (Å²) >= 11 is 0. The van der Waals surface area contributed by atoms with Gasteiger partial charge < -0.3 is 4.74 Å². The molecule has 1 aromatic carbocycles. The fraction of sp³-hybridized carbons (Fsp3) is 0.588. The van der Waals surface area contributed by atoms with E-state index in [2.05, 4.69) is 38.7 Å². The van der Waals surface area contributed by atoms with E-state index >= 15 is 0 Å². The molecule has 1 fully saturated rings. The first-order valence-electron chi connectivity index (χ1n) is 7.35. The van der Waals surface area contributed by atoms with Gasteiger partial charge in [0.15, 0.2) is 5.78 Å². The molecule has 0 saturated carbocycles. The number of hydrogen-bond acceptors (Lipinski definition) is 3. The Morgan fingerprint density at radius 2 is 1.85 bits per heavy atom. The number of morpholine rings is 1. The standard InChI is InChI=1S/C17H25NO2/c1-11-6-13(3)16(7-12(11)2)17(19)9-18-8-15(5)20-10-14(18)4/h6-7,14-15H,8-10H2,1-5H3. The molecule has 0 radical (unpaired) electrons. The van der Waals surface area contributed by atoms with E-state index in [0.29, 0.717) is 19.2 Å². The van der Waals surface area contributed by atoms with E-state index in [4.69, 9.17) is 4.74 Å². The lowest BCUT2D eigenvalue weighted by Gasteiger charge is -2.36. The van der Waals surface area contributed by atoms with Crippen LogP contribution in [0.25, 0.3) is 0 Å². The van der Waals surface area contributed by atoms with Gasteiger partial charge in [-0.15, -0.1) is 0 Å². The number of Topliss-reactive ketones (excluding diaryl/α,β-unsaturated/α-hetero) is 1. The van der Waals surface area contributed by atoms with Crippen LogP contribution in [-0.4, -0.2) is 42.5 Å². The third kappa shape index (κ3) is 3.28. The topological polar surface area (TPSA) is 29.5 Å². The van der Waals surface area contributed by atoms with Crippen LogP contribution in [0.4, 0.5) is 0 Å². The molecule has 0 N–H and O–H groups in total. The Morgan fingerprint density at radius 3 is 2.55 bits per heavy atom. The predicted molar refractivity (Wildman–Crippen MR) is 81.4 cm³/mol. The van der Waals surface area contributed by atoms with Crippen LogP contribution in [0, 0.1) is 20.8 Å². The summed E-state index contributed by atoms with van der Waals surface area (Å²) in [7, 11) is 0. The summed E-state index contributed by atoms with van der Waals surface area (Å²) in [6, 6.07) is 4.44. The van der Waals surface area contributed by atoms with Crippen LogP contribution in [0.5, 0.6) is 0 Å². The fourth-order valence-electron chi connectivity index (χ4n) is 2.72. The van der Waals surface area contributed by atoms with Gasteiger partial charge in [-0.2, -0.15) is 0 Å². The van der Waals surface area contributed by atoms with Crippen LogP contribution in [-0.2, 0) is 4.74 Å². The fourth-order valence-corrected chi connectivity index (χ4v) is 2.72. The van der Waals surface area contributed by atoms with Crippen molar-refractivity contribution in [3.8, 4) is 0 Å². The molecule has 0 aliphatic carbocycles. The molecule has 0 bridgehead atoms. The van der Waals surface area contributed by atoms with Crippen molar-refractivity contribution in [3.05, 3.63) is 34.4 Å². The molecule has 1 aliphatic rings. The summed E-state index contributed by atoms with van der Waals surface area (Å²) in [4.78, 5) is 14.8. The number of hydrogen-bond donors (Lipinski definition) is 0. The highest BCUT2D eigenvalue weighted by Crippen LogP contribution is 2.18. The number of ether oxygens (including phenoxy) is 1. The molecule has 1 saturated heterocycles. The summed E-state index contributed by atoms with van der Waals surface area (Å²) < 4.78 is 5.61. The van der Waals surface area contributed by atoms with E-state index in [1.807, 2.05) is 13.0 Å². The van der Waals surface area contributed by atoms with Crippen molar-refractivity contribution in [3.63, 3.8) is 0 Å². The van der Waals surface area contributed by atoms with Crippen molar-refractivity contribution in [2.45, 2.75) is 46.8 Å². The lowest BCUT2D eigenvalue weighted by Crippen LogP contribution is -2.49. The summed E-state index contributed by atoms with van der Waals surface area (Å²) in [6.07, 6.45) is 0.208. The number of carbonyl (C=O) groups is 1. The molecular weight excluding hydrogens is 250 g/mol. The monoisotopic (exact) mass is 275 g/mol. The van der Waals surface area contributed by atoms with Crippen molar-refractivity contribution >= 4 is 5.78 Å². The van der Waals surface area contributed by atoms with Gasteiger partial charge in [0.05, 0.1) is 19.3 Å². The molecule has 1 aromatic rings. The Morgan fingerprint density at radius 1 is 1.20 bits per heavy atom. The van der Waals surface area contributed by atoms with Crippen molar-refractivity contribution in [1.29, 1.82) is 0 Å². The van der Waals surface area contributed by atoms with Crippen molar-refractivity contribution in [2.24, 2.45) is 0 Å². The minimum absolute atomic E-state index is 0.208. The lowest BCUT2D eigenvalue weighted by molar-refractivity contribution is -0.0460. The normalized spacial score (nSPS) is 23.9. The first-order valence-corrected chi connectivity index (χ1v) is 7.35. The second-order valence-electron chi connectivity index (χ2n) is 6.10. The maximum absolute atomic E-state index is 12.6. The van der Waals surface area contributed by atoms with Crippen LogP contribution < -0.4 is 0 Å². The van der Waals surface area contributed by atoms with Gasteiger partial charge in [0.2, 0.25) is 0 Å². The van der Waals surface area contributed by atoms with E-state index in [9.17, 15) is 4.79 Å². The molecule has 110 valence electrons. The van der Waals surface area contributed by atoms with Crippen LogP contribution in [0.15, 0.2) is 12.1 Å². The minimum Gasteiger partial charge on any atom is -0.376 e. The summed E-state index contributed by atoms with van der Waals surface area (Å²) in [6.45, 7) is 12.4. The quantitative estimate of drug-likeness (QED) is 0.794. The Labute approximate surface area is 121 Å². The zero-order valence-electron chi connectivity index (χ0n) is 13.2. The van der Waals surface area contributed by atoms with Gasteiger partial charge in [-0.25, -0.2) is 0 Å². The average Bonchev–Trinajstić information content (AvgIpc) is 2.38. The van der Waals surface area contributed by atoms with Crippen LogP contribution in [0.3, 0.4) is 0 Å². The van der Waals surface area contributed by atoms with E-state index in [-0.39, 0.29) is 11.9 Å². The molecule has 0 amide bonds. The number of carbonyl (C=O) groups excluding carboxylic acids is 1. The molecular formula is C17H25NO2. The smallest absolute Gasteiger partial charge is 0.177 e. The number of benzene rings is 1. The van der Waals surface area contributed by atoms with Gasteiger partial charge in [-0.05, 0) is 57.4 Å². The van der Waals surface area contributed by atoms with E-state index in [1.165, 1.54) is 11.1 Å². The van der Waals surface area contributed by atoms with E-state index in [1.54, 1.807) is 0 Å². The third-order valence-corrected chi connectivity index (χ3v) is 4.22. The lowest BCUT2D eigenvalue weighted by atomic mass is 9.97. The minimum atomic E-state index is 0.208. The Hall–Kier alpha value is -1.19. The summed E-state index contributed by atoms with van der Waals surface area (Å²) in [5.41, 5.74) is 4.36. The second kappa shape index (κ2) is 6.06. The predicted octanol–water partition coefficient (Wildman–Crippen LogP) is 2.90. The van der Waals surface area contributed by atoms with Gasteiger partial charge >= 0.3 is 0 Å². The zero-order valence-corrected chi connectivity index (χ0v) is 13.2. The van der Waals surface area contributed by atoms with E-state index in [0.717, 1.165) is 17.7 Å². The Balaban J connectivity index is 2.14. The molecule has 2 atom stereocenters. The highest BCUT2D eigenvalue weighted by molar-refractivity contribution is 5.99. The maximum Gasteiger partial charge on any atom is 0.177 e. The zero-order chi connectivity index (χ0) is 14.9. The molecule has 2 unspecified atom stereocenters. The van der Waals surface area contributed by atoms with Crippen LogP contribution in [0.2, 0.25) is 0 Å². The van der Waals surface area contributed by atoms with Crippen molar-refractivity contribution < 1.29 is 9.53 Å². The van der Waals surface area contributed by atoms with Crippen molar-refractivity contribution in [1.82, 2.24) is 4.90 Å². The van der Waals surface area contributed by atoms with Crippen molar-refractivity contribution in [2.75, 3.05) is 19.7 Å². The van der Waals surface area contributed by atoms with E-state index < -0.39 is 0 Å². The molecule has 1 heterocycles. The molecule has 20 heavy (non-hydrogen) atoms. The number of nitrogens with zero attached hydrogens (tertiary/aromatic N) is 1. The highest BCUT2D eigenvalue weighted by Gasteiger charge is 2.25. The SMILES string of the molecule is Cc1cc(C)c(C(=O)CN2CC(C)OCC2C)cc1C. The average molecular weight is 275 g/mol. The van der Waals surface area contributed by atoms with Gasteiger partial charge in [0, 0.05) is 18.2 Å². The first-order chi connectivity index (χ1) is 9.38. The Bertz CT molecular complexity index is 510. The van der Waals surface area contributed by atoms with Gasteiger partial charge in [0.25, 0.3) is 0 Å². The molecule has 1 aliphatic heterocycles. The Kier molecular flexibility index (Phi) is 4.61. The summed E-state index contributed by atoms with van der Waals surface area (Å²) in [5.74, 6) is 0.214. The summed E-state index contributed by atoms with van der Waals surface area (Å²) in [5, 5.41) is 0. The molecule has 0 spiro atoms. The maximum atomic E-state index is 12.6. The molecule has 2 rings (SSSR count). The van der Waals surface area contributed by atoms with Crippen LogP contribution in [0.1, 0.15) is 40.9 Å². The third-order valence-electron chi connectivity index (χ3n) is 4.22. The van der Waals surface area contributed by atoms with Gasteiger partial charge in [-0.3, -0.25) is 9.69 Å². The first kappa shape index (κ1) is 15.2. The van der Waals surface area contributed by atoms with Gasteiger partial charge in [-0.1, -0.05) is 6.07 Å².